The Bertz CT molecular complexity index is 401. The predicted molar refractivity (Wildman–Crippen MR) is 66.4 cm³/mol. The third-order valence-corrected chi connectivity index (χ3v) is 2.39. The maximum Gasteiger partial charge on any atom is 0.248 e. The van der Waals surface area contributed by atoms with Crippen molar-refractivity contribution < 1.29 is 9.59 Å². The molecule has 0 radical (unpaired) electrons. The number of benzene rings is 1. The summed E-state index contributed by atoms with van der Waals surface area (Å²) in [5, 5.41) is 2.73. The second kappa shape index (κ2) is 6.00. The first-order valence-electron chi connectivity index (χ1n) is 5.42. The zero-order valence-corrected chi connectivity index (χ0v) is 9.77. The summed E-state index contributed by atoms with van der Waals surface area (Å²) < 4.78 is 0. The molecule has 0 aliphatic carbocycles. The highest BCUT2D eigenvalue weighted by molar-refractivity contribution is 5.94. The van der Waals surface area contributed by atoms with Gasteiger partial charge in [-0.2, -0.15) is 0 Å². The maximum absolute atomic E-state index is 11.5. The van der Waals surface area contributed by atoms with Crippen LogP contribution < -0.4 is 16.8 Å². The minimum Gasteiger partial charge on any atom is -0.366 e. The van der Waals surface area contributed by atoms with Crippen molar-refractivity contribution in [3.63, 3.8) is 0 Å². The molecule has 5 N–H and O–H groups in total. The number of rotatable bonds is 5. The Hall–Kier alpha value is -1.88. The molecule has 5 nitrogen and oxygen atoms in total. The van der Waals surface area contributed by atoms with Crippen molar-refractivity contribution in [1.82, 2.24) is 0 Å². The minimum atomic E-state index is -0.486. The van der Waals surface area contributed by atoms with Crippen molar-refractivity contribution in [2.45, 2.75) is 13.3 Å². The van der Waals surface area contributed by atoms with Crippen molar-refractivity contribution >= 4 is 17.5 Å². The fourth-order valence-electron chi connectivity index (χ4n) is 1.33. The van der Waals surface area contributed by atoms with E-state index in [9.17, 15) is 9.59 Å². The number of nitrogens with two attached hydrogens (primary N) is 2. The van der Waals surface area contributed by atoms with Gasteiger partial charge in [-0.3, -0.25) is 9.59 Å². The number of hydrogen-bond donors (Lipinski definition) is 3. The lowest BCUT2D eigenvalue weighted by molar-refractivity contribution is -0.116. The molecule has 0 heterocycles. The lowest BCUT2D eigenvalue weighted by atomic mass is 10.1. The van der Waals surface area contributed by atoms with Gasteiger partial charge in [0.1, 0.15) is 0 Å². The van der Waals surface area contributed by atoms with Gasteiger partial charge >= 0.3 is 0 Å². The Labute approximate surface area is 100 Å². The lowest BCUT2D eigenvalue weighted by Crippen LogP contribution is -2.20. The van der Waals surface area contributed by atoms with E-state index in [-0.39, 0.29) is 11.8 Å². The number of amides is 2. The Morgan fingerprint density at radius 1 is 1.29 bits per heavy atom. The first-order chi connectivity index (χ1) is 8.02. The molecule has 5 heteroatoms. The maximum atomic E-state index is 11.5. The fraction of sp³-hybridized carbons (Fsp3) is 0.333. The first kappa shape index (κ1) is 13.2. The van der Waals surface area contributed by atoms with Crippen molar-refractivity contribution in [1.29, 1.82) is 0 Å². The topological polar surface area (TPSA) is 98.2 Å². The van der Waals surface area contributed by atoms with Crippen LogP contribution in [0.5, 0.6) is 0 Å². The van der Waals surface area contributed by atoms with Gasteiger partial charge in [-0.15, -0.1) is 0 Å². The van der Waals surface area contributed by atoms with Gasteiger partial charge in [0.15, 0.2) is 0 Å². The Kier molecular flexibility index (Phi) is 4.66. The average molecular weight is 235 g/mol. The van der Waals surface area contributed by atoms with Crippen molar-refractivity contribution in [2.75, 3.05) is 11.9 Å². The first-order valence-corrected chi connectivity index (χ1v) is 5.42. The van der Waals surface area contributed by atoms with Crippen LogP contribution in [0.1, 0.15) is 23.7 Å². The van der Waals surface area contributed by atoms with E-state index in [1.165, 1.54) is 0 Å². The number of primary amides is 1. The molecule has 2 amide bonds. The van der Waals surface area contributed by atoms with Crippen LogP contribution in [0.15, 0.2) is 24.3 Å². The molecule has 0 saturated carbocycles. The van der Waals surface area contributed by atoms with Crippen LogP contribution in [-0.2, 0) is 4.79 Å². The van der Waals surface area contributed by atoms with E-state index in [1.54, 1.807) is 24.3 Å². The molecule has 1 unspecified atom stereocenters. The molecule has 17 heavy (non-hydrogen) atoms. The van der Waals surface area contributed by atoms with Crippen LogP contribution in [0.25, 0.3) is 0 Å². The Morgan fingerprint density at radius 3 is 2.35 bits per heavy atom. The molecule has 1 rings (SSSR count). The number of carbonyl (C=O) groups excluding carboxylic acids is 2. The van der Waals surface area contributed by atoms with Crippen LogP contribution in [0, 0.1) is 5.92 Å². The summed E-state index contributed by atoms with van der Waals surface area (Å²) in [6, 6.07) is 6.44. The van der Waals surface area contributed by atoms with E-state index < -0.39 is 5.91 Å². The third-order valence-electron chi connectivity index (χ3n) is 2.39. The summed E-state index contributed by atoms with van der Waals surface area (Å²) in [5.41, 5.74) is 11.6. The summed E-state index contributed by atoms with van der Waals surface area (Å²) in [7, 11) is 0. The average Bonchev–Trinajstić information content (AvgIpc) is 2.29. The summed E-state index contributed by atoms with van der Waals surface area (Å²) in [6.07, 6.45) is 0.383. The molecule has 1 atom stereocenters. The van der Waals surface area contributed by atoms with Crippen LogP contribution in [0.4, 0.5) is 5.69 Å². The molecule has 0 aliphatic rings. The van der Waals surface area contributed by atoms with E-state index in [0.717, 1.165) is 0 Å². The second-order valence-corrected chi connectivity index (χ2v) is 4.03. The van der Waals surface area contributed by atoms with Gasteiger partial charge in [0.25, 0.3) is 0 Å². The molecule has 0 fully saturated rings. The Balaban J connectivity index is 2.57. The van der Waals surface area contributed by atoms with E-state index in [1.807, 2.05) is 6.92 Å². The minimum absolute atomic E-state index is 0.0882. The molecule has 1 aromatic carbocycles. The molecule has 1 aromatic rings. The summed E-state index contributed by atoms with van der Waals surface area (Å²) >= 11 is 0. The standard InChI is InChI=1S/C12H17N3O2/c1-8(7-13)6-11(16)15-10-4-2-9(3-5-10)12(14)17/h2-5,8H,6-7,13H2,1H3,(H2,14,17)(H,15,16). The fourth-order valence-corrected chi connectivity index (χ4v) is 1.33. The quantitative estimate of drug-likeness (QED) is 0.700. The smallest absolute Gasteiger partial charge is 0.248 e. The van der Waals surface area contributed by atoms with Gasteiger partial charge in [-0.05, 0) is 36.7 Å². The largest absolute Gasteiger partial charge is 0.366 e. The van der Waals surface area contributed by atoms with Gasteiger partial charge in [0.05, 0.1) is 0 Å². The molecular weight excluding hydrogens is 218 g/mol. The summed E-state index contributed by atoms with van der Waals surface area (Å²) in [5.74, 6) is -0.422. The van der Waals surface area contributed by atoms with Gasteiger partial charge in [-0.25, -0.2) is 0 Å². The van der Waals surface area contributed by atoms with Crippen molar-refractivity contribution in [2.24, 2.45) is 17.4 Å². The SMILES string of the molecule is CC(CN)CC(=O)Nc1ccc(C(N)=O)cc1. The van der Waals surface area contributed by atoms with Crippen molar-refractivity contribution in [3.8, 4) is 0 Å². The number of carbonyl (C=O) groups is 2. The third kappa shape index (κ3) is 4.24. The number of nitrogens with one attached hydrogen (secondary N) is 1. The van der Waals surface area contributed by atoms with E-state index >= 15 is 0 Å². The van der Waals surface area contributed by atoms with Gasteiger partial charge in [0.2, 0.25) is 11.8 Å². The lowest BCUT2D eigenvalue weighted by Gasteiger charge is -2.09. The predicted octanol–water partition coefficient (Wildman–Crippen LogP) is 0.709. The van der Waals surface area contributed by atoms with E-state index in [4.69, 9.17) is 11.5 Å². The van der Waals surface area contributed by atoms with Gasteiger partial charge < -0.3 is 16.8 Å². The molecule has 0 bridgehead atoms. The van der Waals surface area contributed by atoms with E-state index in [0.29, 0.717) is 24.2 Å². The molecule has 0 aromatic heterocycles. The molecular formula is C12H17N3O2. The molecule has 0 spiro atoms. The van der Waals surface area contributed by atoms with Crippen LogP contribution in [0.3, 0.4) is 0 Å². The normalized spacial score (nSPS) is 11.9. The Morgan fingerprint density at radius 2 is 1.88 bits per heavy atom. The van der Waals surface area contributed by atoms with Crippen LogP contribution in [0.2, 0.25) is 0 Å². The summed E-state index contributed by atoms with van der Waals surface area (Å²) in [6.45, 7) is 2.39. The molecule has 0 saturated heterocycles. The molecule has 0 aliphatic heterocycles. The summed E-state index contributed by atoms with van der Waals surface area (Å²) in [4.78, 5) is 22.4. The highest BCUT2D eigenvalue weighted by Crippen LogP contribution is 2.10. The van der Waals surface area contributed by atoms with Crippen molar-refractivity contribution in [3.05, 3.63) is 29.8 Å². The monoisotopic (exact) mass is 235 g/mol. The van der Waals surface area contributed by atoms with E-state index in [2.05, 4.69) is 5.32 Å². The zero-order chi connectivity index (χ0) is 12.8. The highest BCUT2D eigenvalue weighted by atomic mass is 16.2. The zero-order valence-electron chi connectivity index (χ0n) is 9.77. The second-order valence-electron chi connectivity index (χ2n) is 4.03. The highest BCUT2D eigenvalue weighted by Gasteiger charge is 2.08. The van der Waals surface area contributed by atoms with Crippen LogP contribution in [-0.4, -0.2) is 18.4 Å². The van der Waals surface area contributed by atoms with Gasteiger partial charge in [-0.1, -0.05) is 6.92 Å². The van der Waals surface area contributed by atoms with Gasteiger partial charge in [0, 0.05) is 17.7 Å². The molecule has 92 valence electrons. The number of hydrogen-bond acceptors (Lipinski definition) is 3. The van der Waals surface area contributed by atoms with Crippen LogP contribution >= 0.6 is 0 Å². The number of anilines is 1.